The standard InChI is InChI=1S/C7H11FO3/c8-5-1-3-7(11,4-2-5)6(9)10/h5,11H,1-4H2,(H,9,10). The molecule has 0 unspecified atom stereocenters. The van der Waals surface area contributed by atoms with Gasteiger partial charge in [0.15, 0.2) is 5.60 Å². The van der Waals surface area contributed by atoms with Gasteiger partial charge in [-0.1, -0.05) is 0 Å². The zero-order valence-corrected chi connectivity index (χ0v) is 6.09. The largest absolute Gasteiger partial charge is 0.479 e. The summed E-state index contributed by atoms with van der Waals surface area (Å²) in [5, 5.41) is 17.8. The number of hydrogen-bond donors (Lipinski definition) is 2. The molecule has 4 heteroatoms. The quantitative estimate of drug-likeness (QED) is 0.597. The highest BCUT2D eigenvalue weighted by Crippen LogP contribution is 2.29. The van der Waals surface area contributed by atoms with Crippen LogP contribution in [0, 0.1) is 0 Å². The number of carboxylic acids is 1. The lowest BCUT2D eigenvalue weighted by molar-refractivity contribution is -0.162. The second-order valence-corrected chi connectivity index (χ2v) is 3.01. The van der Waals surface area contributed by atoms with E-state index >= 15 is 0 Å². The van der Waals surface area contributed by atoms with Crippen molar-refractivity contribution < 1.29 is 19.4 Å². The first kappa shape index (κ1) is 8.46. The first-order chi connectivity index (χ1) is 5.04. The molecular weight excluding hydrogens is 151 g/mol. The normalized spacial score (nSPS) is 38.5. The number of hydrogen-bond acceptors (Lipinski definition) is 2. The average Bonchev–Trinajstić information content (AvgIpc) is 1.95. The summed E-state index contributed by atoms with van der Waals surface area (Å²) in [5.41, 5.74) is -1.66. The van der Waals surface area contributed by atoms with Crippen LogP contribution in [0.4, 0.5) is 4.39 Å². The summed E-state index contributed by atoms with van der Waals surface area (Å²) < 4.78 is 12.5. The maximum Gasteiger partial charge on any atom is 0.335 e. The van der Waals surface area contributed by atoms with Crippen molar-refractivity contribution in [2.24, 2.45) is 0 Å². The predicted molar refractivity (Wildman–Crippen MR) is 35.9 cm³/mol. The molecule has 1 aliphatic carbocycles. The second-order valence-electron chi connectivity index (χ2n) is 3.01. The van der Waals surface area contributed by atoms with Gasteiger partial charge < -0.3 is 10.2 Å². The van der Waals surface area contributed by atoms with Gasteiger partial charge in [0.25, 0.3) is 0 Å². The number of alkyl halides is 1. The first-order valence-electron chi connectivity index (χ1n) is 3.64. The topological polar surface area (TPSA) is 57.5 Å². The fraction of sp³-hybridized carbons (Fsp3) is 0.857. The molecule has 1 aliphatic rings. The third-order valence-electron chi connectivity index (χ3n) is 2.14. The maximum atomic E-state index is 12.5. The monoisotopic (exact) mass is 162 g/mol. The minimum atomic E-state index is -1.66. The number of halogens is 1. The summed E-state index contributed by atoms with van der Waals surface area (Å²) in [6.45, 7) is 0. The Morgan fingerprint density at radius 1 is 1.45 bits per heavy atom. The van der Waals surface area contributed by atoms with E-state index in [1.807, 2.05) is 0 Å². The molecule has 0 aromatic rings. The fourth-order valence-electron chi connectivity index (χ4n) is 1.27. The summed E-state index contributed by atoms with van der Waals surface area (Å²) in [5.74, 6) is -1.23. The number of aliphatic hydroxyl groups is 1. The fourth-order valence-corrected chi connectivity index (χ4v) is 1.27. The molecular formula is C7H11FO3. The molecule has 1 rings (SSSR count). The third kappa shape index (κ3) is 1.68. The van der Waals surface area contributed by atoms with Crippen LogP contribution in [0.15, 0.2) is 0 Å². The van der Waals surface area contributed by atoms with Crippen LogP contribution in [0.3, 0.4) is 0 Å². The second kappa shape index (κ2) is 2.77. The molecule has 1 fully saturated rings. The highest BCUT2D eigenvalue weighted by Gasteiger charge is 2.39. The van der Waals surface area contributed by atoms with Crippen LogP contribution in [0.1, 0.15) is 25.7 Å². The summed E-state index contributed by atoms with van der Waals surface area (Å²) in [7, 11) is 0. The molecule has 0 amide bonds. The van der Waals surface area contributed by atoms with Crippen molar-refractivity contribution in [3.05, 3.63) is 0 Å². The minimum Gasteiger partial charge on any atom is -0.479 e. The number of aliphatic carboxylic acids is 1. The Bertz CT molecular complexity index is 161. The molecule has 0 heterocycles. The lowest BCUT2D eigenvalue weighted by atomic mass is 9.84. The molecule has 0 radical (unpaired) electrons. The van der Waals surface area contributed by atoms with Gasteiger partial charge in [0.05, 0.1) is 0 Å². The number of carboxylic acid groups (broad SMARTS) is 1. The Hall–Kier alpha value is -0.640. The molecule has 11 heavy (non-hydrogen) atoms. The van der Waals surface area contributed by atoms with Crippen molar-refractivity contribution in [2.75, 3.05) is 0 Å². The van der Waals surface area contributed by atoms with Crippen LogP contribution in [-0.4, -0.2) is 28.0 Å². The van der Waals surface area contributed by atoms with Crippen molar-refractivity contribution >= 4 is 5.97 Å². The van der Waals surface area contributed by atoms with Crippen molar-refractivity contribution in [3.63, 3.8) is 0 Å². The van der Waals surface area contributed by atoms with E-state index in [1.165, 1.54) is 0 Å². The van der Waals surface area contributed by atoms with Crippen molar-refractivity contribution in [2.45, 2.75) is 37.5 Å². The molecule has 2 N–H and O–H groups in total. The smallest absolute Gasteiger partial charge is 0.335 e. The predicted octanol–water partition coefficient (Wildman–Crippen LogP) is 0.714. The Balaban J connectivity index is 2.55. The molecule has 0 aromatic carbocycles. The van der Waals surface area contributed by atoms with Gasteiger partial charge in [-0.3, -0.25) is 0 Å². The SMILES string of the molecule is O=C(O)C1(O)CCC(F)CC1. The average molecular weight is 162 g/mol. The molecule has 3 nitrogen and oxygen atoms in total. The van der Waals surface area contributed by atoms with E-state index < -0.39 is 17.7 Å². The maximum absolute atomic E-state index is 12.5. The molecule has 0 atom stereocenters. The molecule has 0 spiro atoms. The van der Waals surface area contributed by atoms with Crippen LogP contribution in [0.2, 0.25) is 0 Å². The summed E-state index contributed by atoms with van der Waals surface area (Å²) in [4.78, 5) is 10.4. The molecule has 64 valence electrons. The first-order valence-corrected chi connectivity index (χ1v) is 3.64. The van der Waals surface area contributed by atoms with Crippen LogP contribution >= 0.6 is 0 Å². The molecule has 0 aromatic heterocycles. The van der Waals surface area contributed by atoms with E-state index in [0.29, 0.717) is 0 Å². The van der Waals surface area contributed by atoms with Gasteiger partial charge in [-0.05, 0) is 25.7 Å². The van der Waals surface area contributed by atoms with E-state index in [4.69, 9.17) is 5.11 Å². The van der Waals surface area contributed by atoms with Gasteiger partial charge in [-0.2, -0.15) is 0 Å². The molecule has 0 bridgehead atoms. The van der Waals surface area contributed by atoms with Gasteiger partial charge >= 0.3 is 5.97 Å². The van der Waals surface area contributed by atoms with Crippen molar-refractivity contribution in [3.8, 4) is 0 Å². The summed E-state index contributed by atoms with van der Waals surface area (Å²) >= 11 is 0. The Morgan fingerprint density at radius 2 is 1.91 bits per heavy atom. The van der Waals surface area contributed by atoms with Gasteiger partial charge in [-0.25, -0.2) is 9.18 Å². The van der Waals surface area contributed by atoms with E-state index in [-0.39, 0.29) is 25.7 Å². The van der Waals surface area contributed by atoms with E-state index in [2.05, 4.69) is 0 Å². The molecule has 0 aliphatic heterocycles. The minimum absolute atomic E-state index is 0.0312. The zero-order chi connectivity index (χ0) is 8.48. The number of rotatable bonds is 1. The zero-order valence-electron chi connectivity index (χ0n) is 6.09. The summed E-state index contributed by atoms with van der Waals surface area (Å²) in [6, 6.07) is 0. The molecule has 1 saturated carbocycles. The van der Waals surface area contributed by atoms with Gasteiger partial charge in [0.2, 0.25) is 0 Å². The highest BCUT2D eigenvalue weighted by atomic mass is 19.1. The lowest BCUT2D eigenvalue weighted by Crippen LogP contribution is -2.42. The van der Waals surface area contributed by atoms with Crippen LogP contribution < -0.4 is 0 Å². The highest BCUT2D eigenvalue weighted by molar-refractivity contribution is 5.77. The third-order valence-corrected chi connectivity index (χ3v) is 2.14. The lowest BCUT2D eigenvalue weighted by Gasteiger charge is -2.29. The van der Waals surface area contributed by atoms with Crippen molar-refractivity contribution in [1.82, 2.24) is 0 Å². The van der Waals surface area contributed by atoms with Gasteiger partial charge in [0, 0.05) is 0 Å². The van der Waals surface area contributed by atoms with Crippen LogP contribution in [-0.2, 0) is 4.79 Å². The van der Waals surface area contributed by atoms with Crippen LogP contribution in [0.5, 0.6) is 0 Å². The molecule has 0 saturated heterocycles. The summed E-state index contributed by atoms with van der Waals surface area (Å²) in [6.07, 6.45) is -0.562. The van der Waals surface area contributed by atoms with Crippen LogP contribution in [0.25, 0.3) is 0 Å². The van der Waals surface area contributed by atoms with E-state index in [9.17, 15) is 14.3 Å². The van der Waals surface area contributed by atoms with Gasteiger partial charge in [-0.15, -0.1) is 0 Å². The number of carbonyl (C=O) groups is 1. The van der Waals surface area contributed by atoms with E-state index in [0.717, 1.165) is 0 Å². The Labute approximate surface area is 63.8 Å². The van der Waals surface area contributed by atoms with E-state index in [1.54, 1.807) is 0 Å². The Kier molecular flexibility index (Phi) is 2.13. The Morgan fingerprint density at radius 3 is 2.27 bits per heavy atom. The van der Waals surface area contributed by atoms with Gasteiger partial charge in [0.1, 0.15) is 6.17 Å². The van der Waals surface area contributed by atoms with Crippen molar-refractivity contribution in [1.29, 1.82) is 0 Å².